The number of alkyl halides is 17. The molecule has 0 saturated carbocycles. The summed E-state index contributed by atoms with van der Waals surface area (Å²) in [6.45, 7) is 6.01. The topological polar surface area (TPSA) is 115 Å². The third-order valence-corrected chi connectivity index (χ3v) is 16.4. The number of rotatable bonds is 25. The summed E-state index contributed by atoms with van der Waals surface area (Å²) in [7, 11) is -2.58. The highest BCUT2D eigenvalue weighted by atomic mass is 28.4. The second-order valence-electron chi connectivity index (χ2n) is 15.8. The summed E-state index contributed by atoms with van der Waals surface area (Å²) < 4.78 is 258. The minimum absolute atomic E-state index is 0.115. The predicted molar refractivity (Wildman–Crippen MR) is 212 cm³/mol. The van der Waals surface area contributed by atoms with Gasteiger partial charge in [-0.25, -0.2) is 10.3 Å². The van der Waals surface area contributed by atoms with Crippen molar-refractivity contribution in [2.45, 2.75) is 118 Å². The van der Waals surface area contributed by atoms with Crippen molar-refractivity contribution in [1.82, 2.24) is 5.48 Å². The summed E-state index contributed by atoms with van der Waals surface area (Å²) in [6.07, 6.45) is -6.43. The van der Waals surface area contributed by atoms with Gasteiger partial charge in [-0.05, 0) is 65.5 Å². The van der Waals surface area contributed by atoms with E-state index >= 15 is 8.78 Å². The molecule has 0 aromatic heterocycles. The molecule has 0 aliphatic rings. The van der Waals surface area contributed by atoms with E-state index in [2.05, 4.69) is 5.32 Å². The van der Waals surface area contributed by atoms with Gasteiger partial charge in [-0.1, -0.05) is 65.0 Å². The van der Waals surface area contributed by atoms with Crippen molar-refractivity contribution in [3.8, 4) is 11.5 Å². The smallest absolute Gasteiger partial charge is 0.460 e. The Kier molecular flexibility index (Phi) is 19.5. The van der Waals surface area contributed by atoms with Gasteiger partial charge in [0, 0.05) is 24.1 Å². The van der Waals surface area contributed by atoms with Gasteiger partial charge in [-0.2, -0.15) is 74.6 Å². The minimum atomic E-state index is -8.71. The monoisotopic (exact) mass is 1030 g/mol. The summed E-state index contributed by atoms with van der Waals surface area (Å²) in [4.78, 5) is 24.2. The van der Waals surface area contributed by atoms with Gasteiger partial charge in [0.25, 0.3) is 5.91 Å². The number of hydroxylamine groups is 1. The molecule has 386 valence electrons. The first-order chi connectivity index (χ1) is 31.0. The van der Waals surface area contributed by atoms with Crippen LogP contribution in [0.1, 0.15) is 59.1 Å². The van der Waals surface area contributed by atoms with Crippen LogP contribution in [0.3, 0.4) is 0 Å². The molecule has 0 bridgehead atoms. The maximum atomic E-state index is 15.0. The largest absolute Gasteiger partial charge is 0.497 e. The van der Waals surface area contributed by atoms with Gasteiger partial charge in [0.1, 0.15) is 24.2 Å². The van der Waals surface area contributed by atoms with Crippen LogP contribution in [0.2, 0.25) is 17.1 Å². The number of ether oxygens (including phenoxy) is 3. The summed E-state index contributed by atoms with van der Waals surface area (Å²) in [5, 5.41) is 11.2. The first-order valence-electron chi connectivity index (χ1n) is 19.9. The Morgan fingerprint density at radius 3 is 1.62 bits per heavy atom. The lowest BCUT2D eigenvalue weighted by Crippen LogP contribution is -2.74. The minimum Gasteiger partial charge on any atom is -0.497 e. The summed E-state index contributed by atoms with van der Waals surface area (Å²) in [5.74, 6) is -57.5. The van der Waals surface area contributed by atoms with Crippen molar-refractivity contribution >= 4 is 26.0 Å². The Morgan fingerprint density at radius 2 is 1.15 bits per heavy atom. The van der Waals surface area contributed by atoms with Crippen molar-refractivity contribution in [3.63, 3.8) is 0 Å². The fraction of sp³-hybridized carbons (Fsp3) is 0.561. The second-order valence-corrected chi connectivity index (χ2v) is 20.8. The molecule has 9 nitrogen and oxygen atoms in total. The van der Waals surface area contributed by atoms with E-state index in [1.165, 1.54) is 76.7 Å². The lowest BCUT2D eigenvalue weighted by atomic mass is 9.88. The number of benzene rings is 2. The second kappa shape index (κ2) is 22.3. The fourth-order valence-corrected chi connectivity index (χ4v) is 11.1. The van der Waals surface area contributed by atoms with Gasteiger partial charge in [0.2, 0.25) is 0 Å². The van der Waals surface area contributed by atoms with Crippen LogP contribution in [-0.4, -0.2) is 93.5 Å². The molecule has 2 atom stereocenters. The number of carbonyl (C=O) groups excluding carboxylic acids is 2. The number of allylic oxidation sites excluding steroid dienone is 3. The van der Waals surface area contributed by atoms with Crippen LogP contribution in [0.5, 0.6) is 11.5 Å². The third-order valence-electron chi connectivity index (χ3n) is 10.7. The zero-order valence-corrected chi connectivity index (χ0v) is 37.6. The van der Waals surface area contributed by atoms with Crippen LogP contribution in [0.4, 0.5) is 85.1 Å². The molecule has 2 aromatic carbocycles. The van der Waals surface area contributed by atoms with Gasteiger partial charge >= 0.3 is 53.7 Å². The van der Waals surface area contributed by atoms with E-state index in [-0.39, 0.29) is 12.2 Å². The molecule has 0 fully saturated rings. The average Bonchev–Trinajstić information content (AvgIpc) is 3.24. The maximum Gasteiger partial charge on any atom is 0.460 e. The van der Waals surface area contributed by atoms with Crippen molar-refractivity contribution in [3.05, 3.63) is 78.4 Å². The normalized spacial score (nSPS) is 15.0. The van der Waals surface area contributed by atoms with Crippen LogP contribution in [0.15, 0.2) is 72.8 Å². The molecule has 68 heavy (non-hydrogen) atoms. The van der Waals surface area contributed by atoms with Crippen LogP contribution in [-0.2, 0) is 14.0 Å². The molecule has 0 radical (unpaired) electrons. The Hall–Kier alpha value is -4.79. The lowest BCUT2D eigenvalue weighted by Gasteiger charge is -2.44. The Morgan fingerprint density at radius 1 is 0.662 bits per heavy atom. The van der Waals surface area contributed by atoms with Crippen molar-refractivity contribution in [1.29, 1.82) is 0 Å². The summed E-state index contributed by atoms with van der Waals surface area (Å²) >= 11 is 0. The zero-order chi connectivity index (χ0) is 52.5. The predicted octanol–water partition coefficient (Wildman–Crippen LogP) is 13.2. The van der Waals surface area contributed by atoms with E-state index in [0.717, 1.165) is 6.08 Å². The van der Waals surface area contributed by atoms with E-state index in [1.807, 2.05) is 0 Å². The third kappa shape index (κ3) is 12.5. The summed E-state index contributed by atoms with van der Waals surface area (Å²) in [5.41, 5.74) is 0.411. The van der Waals surface area contributed by atoms with E-state index in [1.54, 1.807) is 37.3 Å². The fourth-order valence-electron chi connectivity index (χ4n) is 6.63. The van der Waals surface area contributed by atoms with Gasteiger partial charge in [-0.3, -0.25) is 15.3 Å². The molecule has 3 N–H and O–H groups in total. The Balaban J connectivity index is 2.30. The number of nitrogens with one attached hydrogen (secondary N) is 2. The van der Waals surface area contributed by atoms with Gasteiger partial charge < -0.3 is 18.6 Å². The van der Waals surface area contributed by atoms with Crippen LogP contribution in [0.25, 0.3) is 0 Å². The number of amides is 2. The number of anilines is 1. The molecule has 2 amide bonds. The molecule has 0 spiro atoms. The molecule has 0 aliphatic heterocycles. The lowest BCUT2D eigenvalue weighted by molar-refractivity contribution is -0.461. The Labute approximate surface area is 379 Å². The molecular formula is C41H47F17N2O7Si. The quantitative estimate of drug-likeness (QED) is 0.0173. The van der Waals surface area contributed by atoms with E-state index in [4.69, 9.17) is 23.8 Å². The molecule has 0 unspecified atom stereocenters. The van der Waals surface area contributed by atoms with Crippen molar-refractivity contribution in [2.75, 3.05) is 25.6 Å². The zero-order valence-electron chi connectivity index (χ0n) is 36.6. The first kappa shape index (κ1) is 59.3. The van der Waals surface area contributed by atoms with Crippen molar-refractivity contribution in [2.24, 2.45) is 5.92 Å². The van der Waals surface area contributed by atoms with Crippen molar-refractivity contribution < 1.29 is 108 Å². The van der Waals surface area contributed by atoms with Crippen LogP contribution >= 0.6 is 0 Å². The highest BCUT2D eigenvalue weighted by Gasteiger charge is 2.95. The molecule has 27 heteroatoms. The standard InChI is InChI=1S/C41H47F17N2O7Si/c1-24(2)68(25(3)4,23-20-34(42,43)35(44,45)36(46,47)37(48,49)38(50,51)39(52,53)40(54,55)41(56,57)58)66-22-21-65-30-16-12-27(13-17-30)32(26(5)10-8-7-9-11-31(61)60-63)67-33(62)59-28-14-18-29(64-6)19-15-28/h7-9,11-19,24-26,32,63H,10,20-23H2,1-6H3,(H,59,62)(H,60,61)/b8-7+,11-9+/t26-,32-/m0/s1. The molecule has 2 rings (SSSR count). The molecule has 0 aliphatic carbocycles. The van der Waals surface area contributed by atoms with E-state index < -0.39 is 117 Å². The number of hydrogen-bond acceptors (Lipinski definition) is 7. The number of hydrogen-bond donors (Lipinski definition) is 3. The molecule has 2 aromatic rings. The highest BCUT2D eigenvalue weighted by molar-refractivity contribution is 6.76. The molecule has 0 heterocycles. The summed E-state index contributed by atoms with van der Waals surface area (Å²) in [6, 6.07) is 10.7. The number of methoxy groups -OCH3 is 1. The number of carbonyl (C=O) groups is 2. The van der Waals surface area contributed by atoms with Crippen LogP contribution < -0.4 is 20.3 Å². The van der Waals surface area contributed by atoms with Gasteiger partial charge in [0.15, 0.2) is 8.32 Å². The number of halogens is 17. The average molecular weight is 1030 g/mol. The maximum absolute atomic E-state index is 15.0. The van der Waals surface area contributed by atoms with Gasteiger partial charge in [-0.15, -0.1) is 0 Å². The first-order valence-corrected chi connectivity index (χ1v) is 22.2. The van der Waals surface area contributed by atoms with Crippen LogP contribution in [0, 0.1) is 5.92 Å². The molecule has 0 saturated heterocycles. The highest BCUT2D eigenvalue weighted by Crippen LogP contribution is 2.64. The van der Waals surface area contributed by atoms with E-state index in [0.29, 0.717) is 17.0 Å². The SMILES string of the molecule is COc1ccc(NC(=O)O[C@H](c2ccc(OCCO[Si](CCC(F)(F)C(F)(F)C(F)(F)C(F)(F)C(F)(F)C(F)(F)C(F)(F)C(F)(F)F)(C(C)C)C(C)C)cc2)[C@@H](C)C/C=C/C=C/C(=O)NO)cc1. The Bertz CT molecular complexity index is 2010. The molecular weight excluding hydrogens is 984 g/mol. The van der Waals surface area contributed by atoms with E-state index in [9.17, 15) is 75.4 Å². The van der Waals surface area contributed by atoms with Gasteiger partial charge in [0.05, 0.1) is 13.7 Å².